The zero-order valence-corrected chi connectivity index (χ0v) is 19.7. The van der Waals surface area contributed by atoms with E-state index in [1.54, 1.807) is 29.9 Å². The van der Waals surface area contributed by atoms with Crippen molar-refractivity contribution < 1.29 is 4.74 Å². The fourth-order valence-corrected chi connectivity index (χ4v) is 4.15. The predicted molar refractivity (Wildman–Crippen MR) is 133 cm³/mol. The number of methoxy groups -OCH3 is 1. The molecule has 172 valence electrons. The van der Waals surface area contributed by atoms with Crippen molar-refractivity contribution in [3.63, 3.8) is 0 Å². The summed E-state index contributed by atoms with van der Waals surface area (Å²) in [6.45, 7) is 9.92. The first-order valence-electron chi connectivity index (χ1n) is 11.0. The van der Waals surface area contributed by atoms with Crippen molar-refractivity contribution in [3.05, 3.63) is 80.9 Å². The molecular formula is C25H33ClN4O2. The molecule has 0 radical (unpaired) electrons. The van der Waals surface area contributed by atoms with Gasteiger partial charge < -0.3 is 25.3 Å². The topological polar surface area (TPSA) is 72.5 Å². The Morgan fingerprint density at radius 1 is 1.28 bits per heavy atom. The highest BCUT2D eigenvalue weighted by Gasteiger charge is 2.19. The quantitative estimate of drug-likeness (QED) is 0.443. The number of rotatable bonds is 9. The summed E-state index contributed by atoms with van der Waals surface area (Å²) in [5.41, 5.74) is 9.58. The summed E-state index contributed by atoms with van der Waals surface area (Å²) in [5, 5.41) is 4.47. The third-order valence-corrected chi connectivity index (χ3v) is 6.44. The highest BCUT2D eigenvalue weighted by atomic mass is 35.5. The molecule has 6 nitrogen and oxygen atoms in total. The normalized spacial score (nSPS) is 15.7. The number of nitrogens with two attached hydrogens (primary N) is 1. The largest absolute Gasteiger partial charge is 0.497 e. The lowest BCUT2D eigenvalue weighted by Crippen LogP contribution is -2.43. The van der Waals surface area contributed by atoms with Crippen LogP contribution in [-0.4, -0.2) is 42.3 Å². The maximum atomic E-state index is 12.5. The van der Waals surface area contributed by atoms with E-state index < -0.39 is 0 Å². The number of likely N-dealkylation sites (tertiary alicyclic amines) is 1. The van der Waals surface area contributed by atoms with Gasteiger partial charge in [-0.05, 0) is 62.2 Å². The summed E-state index contributed by atoms with van der Waals surface area (Å²) in [6.07, 6.45) is 5.51. The van der Waals surface area contributed by atoms with Crippen LogP contribution in [0.1, 0.15) is 29.7 Å². The number of halogens is 1. The van der Waals surface area contributed by atoms with E-state index >= 15 is 0 Å². The molecule has 2 aromatic rings. The average Bonchev–Trinajstić information content (AvgIpc) is 2.80. The molecule has 0 unspecified atom stereocenters. The minimum Gasteiger partial charge on any atom is -0.497 e. The van der Waals surface area contributed by atoms with Gasteiger partial charge in [0, 0.05) is 42.8 Å². The fourth-order valence-electron chi connectivity index (χ4n) is 3.95. The van der Waals surface area contributed by atoms with Gasteiger partial charge in [0.2, 0.25) is 0 Å². The van der Waals surface area contributed by atoms with E-state index in [-0.39, 0.29) is 5.56 Å². The molecule has 1 aromatic carbocycles. The number of aryl methyl sites for hydroxylation is 1. The first kappa shape index (κ1) is 24.1. The number of hydrogen-bond acceptors (Lipinski definition) is 5. The van der Waals surface area contributed by atoms with E-state index in [9.17, 15) is 4.79 Å². The molecule has 0 spiro atoms. The molecule has 1 aromatic heterocycles. The zero-order valence-electron chi connectivity index (χ0n) is 18.9. The molecule has 2 heterocycles. The van der Waals surface area contributed by atoms with Crippen LogP contribution in [0.2, 0.25) is 5.02 Å². The van der Waals surface area contributed by atoms with E-state index in [1.165, 1.54) is 11.6 Å². The number of anilines is 1. The molecule has 0 atom stereocenters. The van der Waals surface area contributed by atoms with Crippen molar-refractivity contribution in [2.75, 3.05) is 32.5 Å². The summed E-state index contributed by atoms with van der Waals surface area (Å²) < 4.78 is 6.99. The van der Waals surface area contributed by atoms with Gasteiger partial charge in [-0.15, -0.1) is 0 Å². The van der Waals surface area contributed by atoms with E-state index in [0.29, 0.717) is 29.7 Å². The molecular weight excluding hydrogens is 424 g/mol. The van der Waals surface area contributed by atoms with E-state index in [2.05, 4.69) is 28.9 Å². The van der Waals surface area contributed by atoms with Crippen LogP contribution in [0.5, 0.6) is 0 Å². The highest BCUT2D eigenvalue weighted by Crippen LogP contribution is 2.18. The Morgan fingerprint density at radius 2 is 2.03 bits per heavy atom. The van der Waals surface area contributed by atoms with Gasteiger partial charge in [0.1, 0.15) is 5.76 Å². The first-order valence-corrected chi connectivity index (χ1v) is 11.4. The summed E-state index contributed by atoms with van der Waals surface area (Å²) in [6, 6.07) is 9.86. The molecule has 1 saturated heterocycles. The van der Waals surface area contributed by atoms with Crippen LogP contribution in [0.3, 0.4) is 0 Å². The Labute approximate surface area is 195 Å². The number of nitrogen functional groups attached to an aromatic ring is 1. The molecule has 0 bridgehead atoms. The standard InChI is InChI=1S/C25H33ClN4O2/c1-4-21(32-3)16-24-23(27)7-8-25(31)30(24)14-13-29-11-9-20(10-12-29)28-17-19-6-5-18(2)22(26)15-19/h4-8,15-16,20,28H,1,9-14,17,27H2,2-3H3/b21-16+. The number of aromatic nitrogens is 1. The van der Waals surface area contributed by atoms with Gasteiger partial charge in [-0.2, -0.15) is 0 Å². The third-order valence-electron chi connectivity index (χ3n) is 6.03. The minimum absolute atomic E-state index is 0.0710. The van der Waals surface area contributed by atoms with Gasteiger partial charge >= 0.3 is 0 Å². The number of piperidine rings is 1. The summed E-state index contributed by atoms with van der Waals surface area (Å²) in [7, 11) is 1.57. The number of benzene rings is 1. The molecule has 1 fully saturated rings. The van der Waals surface area contributed by atoms with Crippen LogP contribution in [0.15, 0.2) is 53.5 Å². The molecule has 7 heteroatoms. The van der Waals surface area contributed by atoms with Crippen molar-refractivity contribution >= 4 is 23.4 Å². The lowest BCUT2D eigenvalue weighted by atomic mass is 10.0. The monoisotopic (exact) mass is 456 g/mol. The Bertz CT molecular complexity index is 1020. The maximum absolute atomic E-state index is 12.5. The molecule has 3 N–H and O–H groups in total. The van der Waals surface area contributed by atoms with Crippen LogP contribution in [-0.2, 0) is 17.8 Å². The van der Waals surface area contributed by atoms with Gasteiger partial charge in [-0.3, -0.25) is 4.79 Å². The first-order chi connectivity index (χ1) is 15.4. The van der Waals surface area contributed by atoms with Gasteiger partial charge in [-0.1, -0.05) is 30.3 Å². The zero-order chi connectivity index (χ0) is 23.1. The van der Waals surface area contributed by atoms with Gasteiger partial charge in [0.05, 0.1) is 18.5 Å². The number of nitrogens with zero attached hydrogens (tertiary/aromatic N) is 2. The smallest absolute Gasteiger partial charge is 0.251 e. The van der Waals surface area contributed by atoms with Gasteiger partial charge in [0.15, 0.2) is 0 Å². The predicted octanol–water partition coefficient (Wildman–Crippen LogP) is 3.82. The maximum Gasteiger partial charge on any atom is 0.251 e. The van der Waals surface area contributed by atoms with Gasteiger partial charge in [-0.25, -0.2) is 0 Å². The second-order valence-corrected chi connectivity index (χ2v) is 8.61. The van der Waals surface area contributed by atoms with Crippen LogP contribution in [0.25, 0.3) is 6.08 Å². The summed E-state index contributed by atoms with van der Waals surface area (Å²) >= 11 is 6.23. The molecule has 1 aliphatic rings. The lowest BCUT2D eigenvalue weighted by Gasteiger charge is -2.32. The minimum atomic E-state index is -0.0710. The summed E-state index contributed by atoms with van der Waals surface area (Å²) in [5.74, 6) is 0.567. The van der Waals surface area contributed by atoms with Gasteiger partial charge in [0.25, 0.3) is 5.56 Å². The molecule has 3 rings (SSSR count). The van der Waals surface area contributed by atoms with Crippen LogP contribution in [0, 0.1) is 6.92 Å². The van der Waals surface area contributed by atoms with E-state index in [4.69, 9.17) is 22.1 Å². The van der Waals surface area contributed by atoms with Crippen LogP contribution >= 0.6 is 11.6 Å². The van der Waals surface area contributed by atoms with Crippen LogP contribution in [0.4, 0.5) is 5.69 Å². The molecule has 32 heavy (non-hydrogen) atoms. The van der Waals surface area contributed by atoms with Crippen LogP contribution < -0.4 is 16.6 Å². The second-order valence-electron chi connectivity index (χ2n) is 8.20. The second kappa shape index (κ2) is 11.4. The van der Waals surface area contributed by atoms with Crippen molar-refractivity contribution in [3.8, 4) is 0 Å². The Kier molecular flexibility index (Phi) is 8.56. The van der Waals surface area contributed by atoms with Crippen molar-refractivity contribution in [2.45, 2.75) is 38.9 Å². The third kappa shape index (κ3) is 6.25. The number of hydrogen-bond donors (Lipinski definition) is 2. The van der Waals surface area contributed by atoms with Crippen molar-refractivity contribution in [2.24, 2.45) is 0 Å². The molecule has 1 aliphatic heterocycles. The molecule has 0 amide bonds. The number of ether oxygens (including phenoxy) is 1. The SMILES string of the molecule is C=C/C(=C\c1c(N)ccc(=O)n1CCN1CCC(NCc2ccc(C)c(Cl)c2)CC1)OC. The van der Waals surface area contributed by atoms with E-state index in [1.807, 2.05) is 13.0 Å². The molecule has 0 saturated carbocycles. The Morgan fingerprint density at radius 3 is 2.69 bits per heavy atom. The number of nitrogens with one attached hydrogen (secondary N) is 1. The molecule has 0 aliphatic carbocycles. The van der Waals surface area contributed by atoms with Crippen molar-refractivity contribution in [1.29, 1.82) is 0 Å². The lowest BCUT2D eigenvalue weighted by molar-refractivity contribution is 0.190. The Hall–Kier alpha value is -2.54. The van der Waals surface area contributed by atoms with Crippen molar-refractivity contribution in [1.82, 2.24) is 14.8 Å². The Balaban J connectivity index is 1.54. The fraction of sp³-hybridized carbons (Fsp3) is 0.400. The average molecular weight is 457 g/mol. The number of pyridine rings is 1. The van der Waals surface area contributed by atoms with E-state index in [0.717, 1.165) is 49.6 Å². The number of allylic oxidation sites excluding steroid dienone is 1. The highest BCUT2D eigenvalue weighted by molar-refractivity contribution is 6.31. The summed E-state index contributed by atoms with van der Waals surface area (Å²) in [4.78, 5) is 14.9.